The van der Waals surface area contributed by atoms with Crippen molar-refractivity contribution in [3.05, 3.63) is 35.9 Å². The fraction of sp³-hybridized carbons (Fsp3) is 0.600. The molecule has 2 rings (SSSR count). The smallest absolute Gasteiger partial charge is 0.00218 e. The fourth-order valence-corrected chi connectivity index (χ4v) is 2.67. The van der Waals surface area contributed by atoms with Crippen LogP contribution >= 0.6 is 0 Å². The molecule has 1 fully saturated rings. The van der Waals surface area contributed by atoms with Gasteiger partial charge in [-0.25, -0.2) is 0 Å². The second-order valence-corrected chi connectivity index (χ2v) is 5.10. The fourth-order valence-electron chi connectivity index (χ4n) is 2.67. The van der Waals surface area contributed by atoms with Crippen LogP contribution in [0.15, 0.2) is 30.3 Å². The Morgan fingerprint density at radius 1 is 1.12 bits per heavy atom. The molecule has 94 valence electrons. The summed E-state index contributed by atoms with van der Waals surface area (Å²) in [5, 5.41) is 0. The lowest BCUT2D eigenvalue weighted by Gasteiger charge is -2.31. The number of hydrogen-bond donors (Lipinski definition) is 1. The molecule has 0 bridgehead atoms. The Balaban J connectivity index is 1.68. The zero-order valence-electron chi connectivity index (χ0n) is 10.6. The van der Waals surface area contributed by atoms with E-state index in [0.29, 0.717) is 0 Å². The minimum atomic E-state index is 0.856. The van der Waals surface area contributed by atoms with E-state index < -0.39 is 0 Å². The van der Waals surface area contributed by atoms with Gasteiger partial charge in [-0.3, -0.25) is 0 Å². The van der Waals surface area contributed by atoms with E-state index in [9.17, 15) is 0 Å². The summed E-state index contributed by atoms with van der Waals surface area (Å²) in [7, 11) is 0. The van der Waals surface area contributed by atoms with Gasteiger partial charge in [-0.15, -0.1) is 0 Å². The van der Waals surface area contributed by atoms with Gasteiger partial charge in [0, 0.05) is 6.54 Å². The van der Waals surface area contributed by atoms with Crippen LogP contribution in [0.5, 0.6) is 0 Å². The maximum absolute atomic E-state index is 5.62. The molecule has 0 aliphatic carbocycles. The van der Waals surface area contributed by atoms with Crippen LogP contribution in [0.25, 0.3) is 0 Å². The van der Waals surface area contributed by atoms with E-state index in [4.69, 9.17) is 5.73 Å². The van der Waals surface area contributed by atoms with Gasteiger partial charge < -0.3 is 10.6 Å². The molecule has 2 heteroatoms. The highest BCUT2D eigenvalue weighted by atomic mass is 15.1. The highest BCUT2D eigenvalue weighted by Gasteiger charge is 2.17. The molecule has 1 heterocycles. The zero-order chi connectivity index (χ0) is 11.9. The average molecular weight is 232 g/mol. The molecule has 1 aliphatic heterocycles. The van der Waals surface area contributed by atoms with Crippen molar-refractivity contribution < 1.29 is 0 Å². The SMILES string of the molecule is NCCC1CCN(CCc2ccccc2)CC1. The van der Waals surface area contributed by atoms with Crippen LogP contribution in [0.4, 0.5) is 0 Å². The van der Waals surface area contributed by atoms with Crippen LogP contribution in [0.3, 0.4) is 0 Å². The largest absolute Gasteiger partial charge is 0.330 e. The summed E-state index contributed by atoms with van der Waals surface area (Å²) in [6.45, 7) is 4.59. The van der Waals surface area contributed by atoms with Gasteiger partial charge in [-0.1, -0.05) is 30.3 Å². The summed E-state index contributed by atoms with van der Waals surface area (Å²) in [5.41, 5.74) is 7.07. The summed E-state index contributed by atoms with van der Waals surface area (Å²) < 4.78 is 0. The van der Waals surface area contributed by atoms with Crippen molar-refractivity contribution >= 4 is 0 Å². The first-order chi connectivity index (χ1) is 8.38. The number of nitrogens with two attached hydrogens (primary N) is 1. The molecule has 0 atom stereocenters. The van der Waals surface area contributed by atoms with Crippen molar-refractivity contribution in [3.8, 4) is 0 Å². The third-order valence-electron chi connectivity index (χ3n) is 3.84. The van der Waals surface area contributed by atoms with Crippen molar-refractivity contribution in [1.29, 1.82) is 0 Å². The third kappa shape index (κ3) is 4.14. The van der Waals surface area contributed by atoms with Gasteiger partial charge in [0.25, 0.3) is 0 Å². The monoisotopic (exact) mass is 232 g/mol. The molecule has 0 saturated carbocycles. The topological polar surface area (TPSA) is 29.3 Å². The molecule has 1 aromatic carbocycles. The van der Waals surface area contributed by atoms with Gasteiger partial charge in [0.05, 0.1) is 0 Å². The maximum atomic E-state index is 5.62. The van der Waals surface area contributed by atoms with Crippen LogP contribution in [-0.4, -0.2) is 31.1 Å². The standard InChI is InChI=1S/C15H24N2/c16-10-6-15-8-12-17(13-9-15)11-7-14-4-2-1-3-5-14/h1-5,15H,6-13,16H2. The van der Waals surface area contributed by atoms with E-state index >= 15 is 0 Å². The van der Waals surface area contributed by atoms with Gasteiger partial charge in [0.2, 0.25) is 0 Å². The van der Waals surface area contributed by atoms with Crippen molar-refractivity contribution in [2.24, 2.45) is 11.7 Å². The minimum Gasteiger partial charge on any atom is -0.330 e. The quantitative estimate of drug-likeness (QED) is 0.844. The average Bonchev–Trinajstić information content (AvgIpc) is 2.40. The van der Waals surface area contributed by atoms with E-state index in [1.54, 1.807) is 0 Å². The Labute approximate surface area is 105 Å². The van der Waals surface area contributed by atoms with E-state index in [0.717, 1.165) is 12.5 Å². The van der Waals surface area contributed by atoms with Gasteiger partial charge in [-0.2, -0.15) is 0 Å². The predicted octanol–water partition coefficient (Wildman–Crippen LogP) is 2.29. The van der Waals surface area contributed by atoms with Crippen LogP contribution in [0.1, 0.15) is 24.8 Å². The molecule has 0 aromatic heterocycles. The van der Waals surface area contributed by atoms with Crippen LogP contribution in [0.2, 0.25) is 0 Å². The van der Waals surface area contributed by atoms with E-state index in [-0.39, 0.29) is 0 Å². The van der Waals surface area contributed by atoms with E-state index in [1.165, 1.54) is 50.9 Å². The molecule has 0 amide bonds. The van der Waals surface area contributed by atoms with Crippen molar-refractivity contribution in [3.63, 3.8) is 0 Å². The number of nitrogens with zero attached hydrogens (tertiary/aromatic N) is 1. The summed E-state index contributed by atoms with van der Waals surface area (Å²) in [6.07, 6.45) is 5.08. The normalized spacial score (nSPS) is 18.4. The number of rotatable bonds is 5. The second-order valence-electron chi connectivity index (χ2n) is 5.10. The Kier molecular flexibility index (Phi) is 5.02. The molecule has 0 radical (unpaired) electrons. The van der Waals surface area contributed by atoms with E-state index in [1.807, 2.05) is 0 Å². The summed E-state index contributed by atoms with van der Waals surface area (Å²) in [6, 6.07) is 10.8. The lowest BCUT2D eigenvalue weighted by atomic mass is 9.93. The predicted molar refractivity (Wildman–Crippen MR) is 73.0 cm³/mol. The number of piperidine rings is 1. The van der Waals surface area contributed by atoms with Crippen molar-refractivity contribution in [2.45, 2.75) is 25.7 Å². The van der Waals surface area contributed by atoms with Crippen molar-refractivity contribution in [1.82, 2.24) is 4.90 Å². The van der Waals surface area contributed by atoms with Crippen LogP contribution in [0, 0.1) is 5.92 Å². The Morgan fingerprint density at radius 3 is 2.47 bits per heavy atom. The molecule has 1 aliphatic rings. The lowest BCUT2D eigenvalue weighted by Crippen LogP contribution is -2.35. The molecule has 2 N–H and O–H groups in total. The molecule has 0 unspecified atom stereocenters. The number of benzene rings is 1. The van der Waals surface area contributed by atoms with Gasteiger partial charge in [0.15, 0.2) is 0 Å². The molecular formula is C15H24N2. The molecule has 1 aromatic rings. The first kappa shape index (κ1) is 12.6. The number of likely N-dealkylation sites (tertiary alicyclic amines) is 1. The minimum absolute atomic E-state index is 0.856. The highest BCUT2D eigenvalue weighted by Crippen LogP contribution is 2.19. The number of hydrogen-bond acceptors (Lipinski definition) is 2. The maximum Gasteiger partial charge on any atom is 0.00218 e. The Bertz CT molecular complexity index is 302. The zero-order valence-corrected chi connectivity index (χ0v) is 10.6. The summed E-state index contributed by atoms with van der Waals surface area (Å²) in [5.74, 6) is 0.882. The van der Waals surface area contributed by atoms with Crippen LogP contribution in [-0.2, 0) is 6.42 Å². The highest BCUT2D eigenvalue weighted by molar-refractivity contribution is 5.14. The Morgan fingerprint density at radius 2 is 1.82 bits per heavy atom. The molecule has 2 nitrogen and oxygen atoms in total. The third-order valence-corrected chi connectivity index (χ3v) is 3.84. The summed E-state index contributed by atoms with van der Waals surface area (Å²) >= 11 is 0. The molecular weight excluding hydrogens is 208 g/mol. The van der Waals surface area contributed by atoms with Gasteiger partial charge in [0.1, 0.15) is 0 Å². The molecule has 0 spiro atoms. The molecule has 1 saturated heterocycles. The molecule has 17 heavy (non-hydrogen) atoms. The Hall–Kier alpha value is -0.860. The first-order valence-electron chi connectivity index (χ1n) is 6.85. The van der Waals surface area contributed by atoms with E-state index in [2.05, 4.69) is 35.2 Å². The van der Waals surface area contributed by atoms with Gasteiger partial charge >= 0.3 is 0 Å². The summed E-state index contributed by atoms with van der Waals surface area (Å²) in [4.78, 5) is 2.60. The second kappa shape index (κ2) is 6.77. The lowest BCUT2D eigenvalue weighted by molar-refractivity contribution is 0.182. The van der Waals surface area contributed by atoms with Crippen LogP contribution < -0.4 is 5.73 Å². The van der Waals surface area contributed by atoms with Gasteiger partial charge in [-0.05, 0) is 56.8 Å². The van der Waals surface area contributed by atoms with Crippen molar-refractivity contribution in [2.75, 3.05) is 26.2 Å². The first-order valence-corrected chi connectivity index (χ1v) is 6.85.